The van der Waals surface area contributed by atoms with E-state index in [1.54, 1.807) is 18.4 Å². The van der Waals surface area contributed by atoms with Gasteiger partial charge in [0.05, 0.1) is 11.8 Å². The molecule has 0 radical (unpaired) electrons. The molecule has 4 nitrogen and oxygen atoms in total. The van der Waals surface area contributed by atoms with Crippen molar-refractivity contribution in [2.75, 3.05) is 31.1 Å². The van der Waals surface area contributed by atoms with Gasteiger partial charge >= 0.3 is 0 Å². The zero-order valence-corrected chi connectivity index (χ0v) is 12.8. The van der Waals surface area contributed by atoms with Crippen LogP contribution >= 0.6 is 0 Å². The van der Waals surface area contributed by atoms with Crippen molar-refractivity contribution in [3.05, 3.63) is 53.2 Å². The number of piperazine rings is 1. The Morgan fingerprint density at radius 2 is 1.73 bits per heavy atom. The summed E-state index contributed by atoms with van der Waals surface area (Å²) in [7, 11) is 0. The summed E-state index contributed by atoms with van der Waals surface area (Å²) in [5.41, 5.74) is 2.54. The molecular weight excluding hydrogens is 283 g/mol. The molecule has 1 saturated heterocycles. The van der Waals surface area contributed by atoms with Crippen molar-refractivity contribution in [3.63, 3.8) is 0 Å². The van der Waals surface area contributed by atoms with E-state index in [1.165, 1.54) is 12.1 Å². The summed E-state index contributed by atoms with van der Waals surface area (Å²) in [4.78, 5) is 16.6. The van der Waals surface area contributed by atoms with Crippen LogP contribution in [0.1, 0.15) is 21.7 Å². The smallest absolute Gasteiger partial charge is 0.257 e. The molecule has 1 amide bonds. The Morgan fingerprint density at radius 3 is 2.27 bits per heavy atom. The SMILES string of the molecule is Cc1coc(C)c1C(=O)N1CCN(c2ccc(F)cc2)CC1. The third kappa shape index (κ3) is 2.71. The average molecular weight is 302 g/mol. The van der Waals surface area contributed by atoms with E-state index in [1.807, 2.05) is 18.7 Å². The van der Waals surface area contributed by atoms with Crippen LogP contribution in [0, 0.1) is 19.7 Å². The van der Waals surface area contributed by atoms with Gasteiger partial charge in [-0.1, -0.05) is 0 Å². The first-order valence-electron chi connectivity index (χ1n) is 7.41. The van der Waals surface area contributed by atoms with E-state index < -0.39 is 0 Å². The lowest BCUT2D eigenvalue weighted by Crippen LogP contribution is -2.49. The van der Waals surface area contributed by atoms with Gasteiger partial charge in [0.25, 0.3) is 5.91 Å². The molecular formula is C17H19FN2O2. The van der Waals surface area contributed by atoms with Gasteiger partial charge in [-0.25, -0.2) is 4.39 Å². The molecule has 1 fully saturated rings. The molecule has 0 atom stereocenters. The van der Waals surface area contributed by atoms with Gasteiger partial charge in [-0.2, -0.15) is 0 Å². The number of carbonyl (C=O) groups is 1. The van der Waals surface area contributed by atoms with Crippen molar-refractivity contribution in [1.82, 2.24) is 4.90 Å². The number of nitrogens with zero attached hydrogens (tertiary/aromatic N) is 2. The quantitative estimate of drug-likeness (QED) is 0.855. The molecule has 2 heterocycles. The van der Waals surface area contributed by atoms with Crippen LogP contribution < -0.4 is 4.90 Å². The predicted molar refractivity (Wildman–Crippen MR) is 82.7 cm³/mol. The first-order chi connectivity index (χ1) is 10.6. The minimum Gasteiger partial charge on any atom is -0.469 e. The van der Waals surface area contributed by atoms with Gasteiger partial charge in [0.15, 0.2) is 0 Å². The van der Waals surface area contributed by atoms with Gasteiger partial charge in [-0.05, 0) is 38.1 Å². The lowest BCUT2D eigenvalue weighted by Gasteiger charge is -2.36. The number of rotatable bonds is 2. The molecule has 3 rings (SSSR count). The molecule has 0 N–H and O–H groups in total. The monoisotopic (exact) mass is 302 g/mol. The third-order valence-electron chi connectivity index (χ3n) is 4.13. The second-order valence-corrected chi connectivity index (χ2v) is 5.61. The van der Waals surface area contributed by atoms with Gasteiger partial charge < -0.3 is 14.2 Å². The largest absolute Gasteiger partial charge is 0.469 e. The molecule has 0 saturated carbocycles. The van der Waals surface area contributed by atoms with Crippen LogP contribution in [0.25, 0.3) is 0 Å². The second-order valence-electron chi connectivity index (χ2n) is 5.61. The van der Waals surface area contributed by atoms with Crippen LogP contribution in [0.3, 0.4) is 0 Å². The van der Waals surface area contributed by atoms with Crippen LogP contribution in [0.5, 0.6) is 0 Å². The fourth-order valence-electron chi connectivity index (χ4n) is 2.87. The van der Waals surface area contributed by atoms with E-state index in [9.17, 15) is 9.18 Å². The highest BCUT2D eigenvalue weighted by Crippen LogP contribution is 2.21. The number of halogens is 1. The highest BCUT2D eigenvalue weighted by Gasteiger charge is 2.25. The Bertz CT molecular complexity index is 651. The summed E-state index contributed by atoms with van der Waals surface area (Å²) >= 11 is 0. The summed E-state index contributed by atoms with van der Waals surface area (Å²) in [5.74, 6) is 0.467. The van der Waals surface area contributed by atoms with Gasteiger partial charge in [-0.15, -0.1) is 0 Å². The number of aryl methyl sites for hydroxylation is 2. The zero-order chi connectivity index (χ0) is 15.7. The van der Waals surface area contributed by atoms with Gasteiger partial charge in [-0.3, -0.25) is 4.79 Å². The maximum absolute atomic E-state index is 13.0. The van der Waals surface area contributed by atoms with E-state index in [-0.39, 0.29) is 11.7 Å². The molecule has 1 aliphatic heterocycles. The second kappa shape index (κ2) is 5.83. The predicted octanol–water partition coefficient (Wildman–Crippen LogP) is 3.00. The molecule has 1 aromatic heterocycles. The van der Waals surface area contributed by atoms with E-state index in [2.05, 4.69) is 4.90 Å². The number of furan rings is 1. The van der Waals surface area contributed by atoms with E-state index in [0.29, 0.717) is 24.4 Å². The van der Waals surface area contributed by atoms with Gasteiger partial charge in [0.2, 0.25) is 0 Å². The lowest BCUT2D eigenvalue weighted by molar-refractivity contribution is 0.0744. The van der Waals surface area contributed by atoms with Crippen molar-refractivity contribution in [2.24, 2.45) is 0 Å². The molecule has 1 aromatic carbocycles. The van der Waals surface area contributed by atoms with Crippen molar-refractivity contribution in [1.29, 1.82) is 0 Å². The standard InChI is InChI=1S/C17H19FN2O2/c1-12-11-22-13(2)16(12)17(21)20-9-7-19(8-10-20)15-5-3-14(18)4-6-15/h3-6,11H,7-10H2,1-2H3. The highest BCUT2D eigenvalue weighted by molar-refractivity contribution is 5.96. The maximum Gasteiger partial charge on any atom is 0.257 e. The fraction of sp³-hybridized carbons (Fsp3) is 0.353. The van der Waals surface area contributed by atoms with E-state index >= 15 is 0 Å². The summed E-state index contributed by atoms with van der Waals surface area (Å²) in [6.45, 7) is 6.49. The number of carbonyl (C=O) groups excluding carboxylic acids is 1. The minimum absolute atomic E-state index is 0.0301. The average Bonchev–Trinajstić information content (AvgIpc) is 2.86. The summed E-state index contributed by atoms with van der Waals surface area (Å²) in [6.07, 6.45) is 1.62. The molecule has 0 aliphatic carbocycles. The summed E-state index contributed by atoms with van der Waals surface area (Å²) < 4.78 is 18.3. The van der Waals surface area contributed by atoms with Crippen molar-refractivity contribution in [2.45, 2.75) is 13.8 Å². The first-order valence-corrected chi connectivity index (χ1v) is 7.41. The van der Waals surface area contributed by atoms with Crippen molar-refractivity contribution in [3.8, 4) is 0 Å². The van der Waals surface area contributed by atoms with Gasteiger partial charge in [0.1, 0.15) is 11.6 Å². The molecule has 0 spiro atoms. The van der Waals surface area contributed by atoms with Crippen LogP contribution in [-0.2, 0) is 0 Å². The third-order valence-corrected chi connectivity index (χ3v) is 4.13. The van der Waals surface area contributed by atoms with Crippen LogP contribution in [0.4, 0.5) is 10.1 Å². The van der Waals surface area contributed by atoms with Crippen molar-refractivity contribution >= 4 is 11.6 Å². The minimum atomic E-state index is -0.233. The number of hydrogen-bond donors (Lipinski definition) is 0. The maximum atomic E-state index is 13.0. The van der Waals surface area contributed by atoms with E-state index in [0.717, 1.165) is 24.3 Å². The fourth-order valence-corrected chi connectivity index (χ4v) is 2.87. The Labute approximate surface area is 129 Å². The van der Waals surface area contributed by atoms with Crippen LogP contribution in [0.15, 0.2) is 34.9 Å². The molecule has 0 unspecified atom stereocenters. The lowest BCUT2D eigenvalue weighted by atomic mass is 10.1. The van der Waals surface area contributed by atoms with Gasteiger partial charge in [0, 0.05) is 37.4 Å². The van der Waals surface area contributed by atoms with Crippen molar-refractivity contribution < 1.29 is 13.6 Å². The zero-order valence-electron chi connectivity index (χ0n) is 12.8. The number of amides is 1. The molecule has 5 heteroatoms. The molecule has 116 valence electrons. The van der Waals surface area contributed by atoms with Crippen LogP contribution in [-0.4, -0.2) is 37.0 Å². The first kappa shape index (κ1) is 14.6. The Balaban J connectivity index is 1.67. The molecule has 2 aromatic rings. The summed E-state index contributed by atoms with van der Waals surface area (Å²) in [5, 5.41) is 0. The normalized spacial score (nSPS) is 15.2. The highest BCUT2D eigenvalue weighted by atomic mass is 19.1. The Morgan fingerprint density at radius 1 is 1.09 bits per heavy atom. The molecule has 22 heavy (non-hydrogen) atoms. The summed E-state index contributed by atoms with van der Waals surface area (Å²) in [6, 6.07) is 6.48. The topological polar surface area (TPSA) is 36.7 Å². The Kier molecular flexibility index (Phi) is 3.88. The van der Waals surface area contributed by atoms with Crippen LogP contribution in [0.2, 0.25) is 0 Å². The number of anilines is 1. The molecule has 1 aliphatic rings. The number of benzene rings is 1. The van der Waals surface area contributed by atoms with E-state index in [4.69, 9.17) is 4.42 Å². The molecule has 0 bridgehead atoms. The Hall–Kier alpha value is -2.30. The number of hydrogen-bond acceptors (Lipinski definition) is 3.